The molecule has 0 aromatic carbocycles. The van der Waals surface area contributed by atoms with Crippen molar-refractivity contribution in [3.8, 4) is 0 Å². The van der Waals surface area contributed by atoms with Crippen molar-refractivity contribution in [3.63, 3.8) is 0 Å². The highest BCUT2D eigenvalue weighted by atomic mass is 35.5. The first-order valence-corrected chi connectivity index (χ1v) is 6.04. The molecule has 1 fully saturated rings. The quantitative estimate of drug-likeness (QED) is 0.615. The lowest BCUT2D eigenvalue weighted by Gasteiger charge is -2.17. The summed E-state index contributed by atoms with van der Waals surface area (Å²) in [6.45, 7) is 1.66. The zero-order valence-electron chi connectivity index (χ0n) is 9.93. The monoisotopic (exact) mass is 285 g/mol. The third kappa shape index (κ3) is 1.76. The number of hydrogen-bond acceptors (Lipinski definition) is 7. The van der Waals surface area contributed by atoms with Crippen molar-refractivity contribution in [3.05, 3.63) is 11.6 Å². The van der Waals surface area contributed by atoms with Crippen molar-refractivity contribution in [2.45, 2.75) is 31.5 Å². The molecule has 4 unspecified atom stereocenters. The second-order valence-electron chi connectivity index (χ2n) is 4.39. The SMILES string of the molecule is CC1OC(n2c(Cl)nc3c(N)ncnc32)C(O)C1O. The molecule has 0 radical (unpaired) electrons. The van der Waals surface area contributed by atoms with Crippen LogP contribution in [0.15, 0.2) is 6.33 Å². The summed E-state index contributed by atoms with van der Waals surface area (Å²) in [5.74, 6) is 0.187. The summed E-state index contributed by atoms with van der Waals surface area (Å²) in [5.41, 5.74) is 6.37. The minimum Gasteiger partial charge on any atom is -0.388 e. The first-order valence-electron chi connectivity index (χ1n) is 5.66. The first-order chi connectivity index (χ1) is 9.00. The number of nitrogens with zero attached hydrogens (tertiary/aromatic N) is 4. The van der Waals surface area contributed by atoms with E-state index in [0.717, 1.165) is 0 Å². The second kappa shape index (κ2) is 4.27. The Bertz CT molecular complexity index is 633. The fraction of sp³-hybridized carbons (Fsp3) is 0.500. The van der Waals surface area contributed by atoms with E-state index in [9.17, 15) is 10.2 Å². The highest BCUT2D eigenvalue weighted by molar-refractivity contribution is 6.29. The van der Waals surface area contributed by atoms with Crippen molar-refractivity contribution < 1.29 is 14.9 Å². The number of ether oxygens (including phenoxy) is 1. The lowest BCUT2D eigenvalue weighted by atomic mass is 10.1. The molecule has 0 bridgehead atoms. The predicted molar refractivity (Wildman–Crippen MR) is 66.3 cm³/mol. The van der Waals surface area contributed by atoms with Crippen LogP contribution in [0.5, 0.6) is 0 Å². The van der Waals surface area contributed by atoms with Gasteiger partial charge in [0.15, 0.2) is 23.2 Å². The molecule has 0 spiro atoms. The molecule has 0 aliphatic carbocycles. The standard InChI is InChI=1S/C10H12ClN5O3/c1-3-5(17)6(18)9(19-3)16-8-4(15-10(16)11)7(12)13-2-14-8/h2-3,5-6,9,17-18H,1H3,(H2,12,13,14). The van der Waals surface area contributed by atoms with Gasteiger partial charge in [-0.15, -0.1) is 0 Å². The Kier molecular flexibility index (Phi) is 2.82. The van der Waals surface area contributed by atoms with Crippen molar-refractivity contribution in [2.24, 2.45) is 0 Å². The van der Waals surface area contributed by atoms with Crippen LogP contribution in [0.3, 0.4) is 0 Å². The molecule has 102 valence electrons. The Balaban J connectivity index is 2.16. The minimum atomic E-state index is -1.12. The van der Waals surface area contributed by atoms with Crippen LogP contribution in [0.4, 0.5) is 5.82 Å². The Morgan fingerprint density at radius 1 is 1.37 bits per heavy atom. The topological polar surface area (TPSA) is 119 Å². The maximum atomic E-state index is 10.00. The molecule has 19 heavy (non-hydrogen) atoms. The third-order valence-electron chi connectivity index (χ3n) is 3.19. The Morgan fingerprint density at radius 3 is 2.74 bits per heavy atom. The minimum absolute atomic E-state index is 0.0625. The number of fused-ring (bicyclic) bond motifs is 1. The number of anilines is 1. The molecule has 1 aliphatic heterocycles. The van der Waals surface area contributed by atoms with Crippen LogP contribution >= 0.6 is 11.6 Å². The molecular formula is C10H12ClN5O3. The van der Waals surface area contributed by atoms with Crippen LogP contribution in [0.2, 0.25) is 5.28 Å². The van der Waals surface area contributed by atoms with E-state index in [-0.39, 0.29) is 11.1 Å². The lowest BCUT2D eigenvalue weighted by Crippen LogP contribution is -2.30. The Morgan fingerprint density at radius 2 is 2.11 bits per heavy atom. The van der Waals surface area contributed by atoms with Crippen molar-refractivity contribution >= 4 is 28.6 Å². The molecule has 2 aromatic heterocycles. The van der Waals surface area contributed by atoms with E-state index in [1.165, 1.54) is 10.9 Å². The second-order valence-corrected chi connectivity index (χ2v) is 4.73. The van der Waals surface area contributed by atoms with Gasteiger partial charge in [0.2, 0.25) is 5.28 Å². The number of aromatic nitrogens is 4. The van der Waals surface area contributed by atoms with E-state index in [0.29, 0.717) is 11.2 Å². The molecule has 0 amide bonds. The van der Waals surface area contributed by atoms with Crippen LogP contribution in [0.1, 0.15) is 13.2 Å². The highest BCUT2D eigenvalue weighted by Crippen LogP contribution is 2.34. The van der Waals surface area contributed by atoms with Gasteiger partial charge in [0, 0.05) is 0 Å². The molecule has 2 aromatic rings. The van der Waals surface area contributed by atoms with Crippen LogP contribution in [-0.2, 0) is 4.74 Å². The summed E-state index contributed by atoms with van der Waals surface area (Å²) >= 11 is 6.04. The summed E-state index contributed by atoms with van der Waals surface area (Å²) in [7, 11) is 0. The van der Waals surface area contributed by atoms with E-state index >= 15 is 0 Å². The number of hydrogen-bond donors (Lipinski definition) is 3. The zero-order chi connectivity index (χ0) is 13.7. The Hall–Kier alpha value is -1.48. The van der Waals surface area contributed by atoms with Crippen molar-refractivity contribution in [1.82, 2.24) is 19.5 Å². The normalized spacial score (nSPS) is 31.2. The molecule has 9 heteroatoms. The smallest absolute Gasteiger partial charge is 0.207 e. The van der Waals surface area contributed by atoms with Gasteiger partial charge in [0.25, 0.3) is 0 Å². The van der Waals surface area contributed by atoms with Crippen LogP contribution in [0.25, 0.3) is 11.2 Å². The molecule has 3 rings (SSSR count). The third-order valence-corrected chi connectivity index (χ3v) is 3.46. The average Bonchev–Trinajstić information content (AvgIpc) is 2.83. The van der Waals surface area contributed by atoms with E-state index in [1.54, 1.807) is 6.92 Å². The van der Waals surface area contributed by atoms with Gasteiger partial charge in [0.1, 0.15) is 18.5 Å². The fourth-order valence-corrected chi connectivity index (χ4v) is 2.43. The van der Waals surface area contributed by atoms with Gasteiger partial charge in [0.05, 0.1) is 6.10 Å². The zero-order valence-corrected chi connectivity index (χ0v) is 10.7. The van der Waals surface area contributed by atoms with Gasteiger partial charge in [-0.2, -0.15) is 0 Å². The molecule has 8 nitrogen and oxygen atoms in total. The highest BCUT2D eigenvalue weighted by Gasteiger charge is 2.43. The van der Waals surface area contributed by atoms with Gasteiger partial charge >= 0.3 is 0 Å². The number of halogens is 1. The maximum absolute atomic E-state index is 10.00. The van der Waals surface area contributed by atoms with Gasteiger partial charge in [-0.1, -0.05) is 0 Å². The van der Waals surface area contributed by atoms with Crippen molar-refractivity contribution in [2.75, 3.05) is 5.73 Å². The van der Waals surface area contributed by atoms with E-state index < -0.39 is 24.5 Å². The van der Waals surface area contributed by atoms with E-state index in [1.807, 2.05) is 0 Å². The number of rotatable bonds is 1. The summed E-state index contributed by atoms with van der Waals surface area (Å²) in [6.07, 6.45) is -2.24. The largest absolute Gasteiger partial charge is 0.388 e. The Labute approximate surface area is 112 Å². The van der Waals surface area contributed by atoms with Gasteiger partial charge in [-0.05, 0) is 18.5 Å². The number of nitrogen functional groups attached to an aromatic ring is 1. The van der Waals surface area contributed by atoms with E-state index in [4.69, 9.17) is 22.1 Å². The fourth-order valence-electron chi connectivity index (χ4n) is 2.17. The molecule has 1 saturated heterocycles. The predicted octanol–water partition coefficient (Wildman–Crippen LogP) is -0.299. The summed E-state index contributed by atoms with van der Waals surface area (Å²) < 4.78 is 6.89. The van der Waals surface area contributed by atoms with Crippen LogP contribution < -0.4 is 5.73 Å². The first kappa shape index (κ1) is 12.5. The summed E-state index contributed by atoms with van der Waals surface area (Å²) in [6, 6.07) is 0. The summed E-state index contributed by atoms with van der Waals surface area (Å²) in [4.78, 5) is 11.9. The lowest BCUT2D eigenvalue weighted by molar-refractivity contribution is -0.0297. The average molecular weight is 286 g/mol. The van der Waals surface area contributed by atoms with E-state index in [2.05, 4.69) is 15.0 Å². The molecule has 0 saturated carbocycles. The molecule has 3 heterocycles. The van der Waals surface area contributed by atoms with Crippen LogP contribution in [-0.4, -0.2) is 48.0 Å². The number of imidazole rings is 1. The van der Waals surface area contributed by atoms with Gasteiger partial charge in [-0.25, -0.2) is 15.0 Å². The van der Waals surface area contributed by atoms with Crippen LogP contribution in [0, 0.1) is 0 Å². The molecular weight excluding hydrogens is 274 g/mol. The summed E-state index contributed by atoms with van der Waals surface area (Å²) in [5, 5.41) is 19.8. The van der Waals surface area contributed by atoms with Gasteiger partial charge < -0.3 is 20.7 Å². The molecule has 1 aliphatic rings. The number of aliphatic hydroxyl groups excluding tert-OH is 2. The van der Waals surface area contributed by atoms with Crippen molar-refractivity contribution in [1.29, 1.82) is 0 Å². The number of nitrogens with two attached hydrogens (primary N) is 1. The van der Waals surface area contributed by atoms with Gasteiger partial charge in [-0.3, -0.25) is 4.57 Å². The molecule has 4 atom stereocenters. The molecule has 4 N–H and O–H groups in total. The number of aliphatic hydroxyl groups is 2. The maximum Gasteiger partial charge on any atom is 0.207 e.